The molecule has 3 N–H and O–H groups in total. The summed E-state index contributed by atoms with van der Waals surface area (Å²) in [5, 5.41) is 10.1. The number of nitrogens with one attached hydrogen (secondary N) is 3. The zero-order valence-corrected chi connectivity index (χ0v) is 19.8. The lowest BCUT2D eigenvalue weighted by molar-refractivity contribution is -0.119. The molecule has 0 saturated carbocycles. The lowest BCUT2D eigenvalue weighted by atomic mass is 10.0. The van der Waals surface area contributed by atoms with Crippen LogP contribution in [-0.4, -0.2) is 43.9 Å². The first kappa shape index (κ1) is 25.2. The first-order valence-corrected chi connectivity index (χ1v) is 11.0. The molecule has 3 aromatic carbocycles. The van der Waals surface area contributed by atoms with Crippen molar-refractivity contribution in [2.45, 2.75) is 13.8 Å². The lowest BCUT2D eigenvalue weighted by Gasteiger charge is -2.12. The van der Waals surface area contributed by atoms with Gasteiger partial charge in [-0.25, -0.2) is 4.79 Å². The summed E-state index contributed by atoms with van der Waals surface area (Å²) in [5.74, 6) is -1.71. The van der Waals surface area contributed by atoms with Crippen molar-refractivity contribution in [3.05, 3.63) is 83.4 Å². The Hall–Kier alpha value is -4.46. The number of benzene rings is 3. The Balaban J connectivity index is 1.79. The van der Waals surface area contributed by atoms with Crippen molar-refractivity contribution < 1.29 is 23.9 Å². The van der Waals surface area contributed by atoms with Crippen LogP contribution in [0.4, 0.5) is 5.69 Å². The number of carbonyl (C=O) groups excluding carboxylic acids is 4. The van der Waals surface area contributed by atoms with Crippen molar-refractivity contribution in [2.24, 2.45) is 0 Å². The fourth-order valence-electron chi connectivity index (χ4n) is 3.48. The van der Waals surface area contributed by atoms with E-state index >= 15 is 0 Å². The van der Waals surface area contributed by atoms with E-state index < -0.39 is 17.8 Å². The molecule has 0 fully saturated rings. The van der Waals surface area contributed by atoms with E-state index in [9.17, 15) is 19.2 Å². The predicted octanol–water partition coefficient (Wildman–Crippen LogP) is 3.53. The van der Waals surface area contributed by atoms with Crippen molar-refractivity contribution >= 4 is 45.7 Å². The Morgan fingerprint density at radius 2 is 1.51 bits per heavy atom. The van der Waals surface area contributed by atoms with Gasteiger partial charge in [0.05, 0.1) is 18.4 Å². The fraction of sp³-hybridized carbons (Fsp3) is 0.185. The van der Waals surface area contributed by atoms with Crippen LogP contribution in [0.5, 0.6) is 0 Å². The smallest absolute Gasteiger partial charge is 0.339 e. The summed E-state index contributed by atoms with van der Waals surface area (Å²) < 4.78 is 4.81. The maximum Gasteiger partial charge on any atom is 0.339 e. The van der Waals surface area contributed by atoms with E-state index in [-0.39, 0.29) is 35.8 Å². The molecular formula is C27H27N3O5. The summed E-state index contributed by atoms with van der Waals surface area (Å²) in [7, 11) is 1.24. The molecular weight excluding hydrogens is 446 g/mol. The third-order valence-electron chi connectivity index (χ3n) is 5.28. The highest BCUT2D eigenvalue weighted by Gasteiger charge is 2.17. The number of amides is 3. The Kier molecular flexibility index (Phi) is 8.34. The van der Waals surface area contributed by atoms with Crippen molar-refractivity contribution in [3.63, 3.8) is 0 Å². The second kappa shape index (κ2) is 11.6. The van der Waals surface area contributed by atoms with Crippen LogP contribution in [0.1, 0.15) is 40.1 Å². The fourth-order valence-corrected chi connectivity index (χ4v) is 3.48. The second-order valence-electron chi connectivity index (χ2n) is 7.87. The quantitative estimate of drug-likeness (QED) is 0.263. The number of allylic oxidation sites excluding steroid dienone is 1. The number of methoxy groups -OCH3 is 1. The van der Waals surface area contributed by atoms with Gasteiger partial charge in [-0.3, -0.25) is 14.4 Å². The highest BCUT2D eigenvalue weighted by Crippen LogP contribution is 2.22. The molecule has 0 spiro atoms. The zero-order valence-electron chi connectivity index (χ0n) is 19.8. The molecule has 0 saturated heterocycles. The maximum atomic E-state index is 12.8. The molecule has 0 unspecified atom stereocenters. The van der Waals surface area contributed by atoms with Gasteiger partial charge in [0.2, 0.25) is 11.8 Å². The molecule has 3 amide bonds. The first-order valence-electron chi connectivity index (χ1n) is 11.0. The van der Waals surface area contributed by atoms with E-state index in [1.54, 1.807) is 0 Å². The molecule has 0 aliphatic rings. The van der Waals surface area contributed by atoms with E-state index in [0.717, 1.165) is 21.9 Å². The average Bonchev–Trinajstić information content (AvgIpc) is 2.85. The van der Waals surface area contributed by atoms with Crippen LogP contribution in [0.25, 0.3) is 16.3 Å². The van der Waals surface area contributed by atoms with Crippen LogP contribution in [0.2, 0.25) is 0 Å². The second-order valence-corrected chi connectivity index (χ2v) is 7.87. The summed E-state index contributed by atoms with van der Waals surface area (Å²) in [6, 6.07) is 18.2. The largest absolute Gasteiger partial charge is 0.465 e. The molecule has 0 aliphatic carbocycles. The minimum Gasteiger partial charge on any atom is -0.465 e. The summed E-state index contributed by atoms with van der Waals surface area (Å²) in [6.07, 6.45) is 1.44. The lowest BCUT2D eigenvalue weighted by Crippen LogP contribution is -2.33. The number of rotatable bonds is 8. The van der Waals surface area contributed by atoms with Crippen molar-refractivity contribution in [2.75, 3.05) is 25.5 Å². The normalized spacial score (nSPS) is 11.0. The summed E-state index contributed by atoms with van der Waals surface area (Å²) in [5.41, 5.74) is 2.14. The number of carbonyl (C=O) groups is 4. The number of hydrogen-bond donors (Lipinski definition) is 3. The highest BCUT2D eigenvalue weighted by atomic mass is 16.5. The monoisotopic (exact) mass is 473 g/mol. The Morgan fingerprint density at radius 3 is 2.23 bits per heavy atom. The summed E-state index contributed by atoms with van der Waals surface area (Å²) in [4.78, 5) is 48.4. The molecule has 0 atom stereocenters. The molecule has 180 valence electrons. The van der Waals surface area contributed by atoms with Gasteiger partial charge in [0.15, 0.2) is 0 Å². The SMILES string of the molecule is COC(=O)c1ccc(C(=O)NCCNC(C)=O)cc1NC(=O)C=C(C)c1ccc2ccccc2c1. The van der Waals surface area contributed by atoms with Gasteiger partial charge in [0.25, 0.3) is 5.91 Å². The Bertz CT molecular complexity index is 1310. The molecule has 8 heteroatoms. The summed E-state index contributed by atoms with van der Waals surface area (Å²) >= 11 is 0. The van der Waals surface area contributed by atoms with Gasteiger partial charge in [-0.15, -0.1) is 0 Å². The van der Waals surface area contributed by atoms with E-state index in [4.69, 9.17) is 4.74 Å². The van der Waals surface area contributed by atoms with Crippen LogP contribution < -0.4 is 16.0 Å². The minimum absolute atomic E-state index is 0.118. The standard InChI is InChI=1S/C27H27N3O5/c1-17(20-9-8-19-6-4-5-7-21(19)15-20)14-25(32)30-24-16-22(10-11-23(24)27(34)35-3)26(33)29-13-12-28-18(2)31/h4-11,14-16H,12-13H2,1-3H3,(H,28,31)(H,29,33)(H,30,32). The van der Waals surface area contributed by atoms with Gasteiger partial charge in [-0.05, 0) is 53.1 Å². The number of hydrogen-bond acceptors (Lipinski definition) is 5. The van der Waals surface area contributed by atoms with Gasteiger partial charge in [0.1, 0.15) is 0 Å². The first-order chi connectivity index (χ1) is 16.8. The van der Waals surface area contributed by atoms with Crippen LogP contribution in [0.15, 0.2) is 66.7 Å². The molecule has 0 aliphatic heterocycles. The van der Waals surface area contributed by atoms with Gasteiger partial charge in [-0.1, -0.05) is 36.4 Å². The number of fused-ring (bicyclic) bond motifs is 1. The molecule has 3 rings (SSSR count). The minimum atomic E-state index is -0.645. The van der Waals surface area contributed by atoms with E-state index in [1.807, 2.05) is 49.4 Å². The van der Waals surface area contributed by atoms with E-state index in [1.165, 1.54) is 38.3 Å². The highest BCUT2D eigenvalue weighted by molar-refractivity contribution is 6.09. The summed E-state index contributed by atoms with van der Waals surface area (Å²) in [6.45, 7) is 3.72. The van der Waals surface area contributed by atoms with Crippen molar-refractivity contribution in [3.8, 4) is 0 Å². The van der Waals surface area contributed by atoms with E-state index in [2.05, 4.69) is 16.0 Å². The van der Waals surface area contributed by atoms with Crippen LogP contribution >= 0.6 is 0 Å². The molecule has 3 aromatic rings. The van der Waals surface area contributed by atoms with Gasteiger partial charge < -0.3 is 20.7 Å². The van der Waals surface area contributed by atoms with Gasteiger partial charge in [0, 0.05) is 31.7 Å². The van der Waals surface area contributed by atoms with Crippen LogP contribution in [0, 0.1) is 0 Å². The third kappa shape index (κ3) is 6.77. The molecule has 35 heavy (non-hydrogen) atoms. The molecule has 0 heterocycles. The molecule has 0 radical (unpaired) electrons. The third-order valence-corrected chi connectivity index (χ3v) is 5.28. The predicted molar refractivity (Wildman–Crippen MR) is 135 cm³/mol. The number of anilines is 1. The van der Waals surface area contributed by atoms with Crippen molar-refractivity contribution in [1.29, 1.82) is 0 Å². The Labute approximate surface area is 203 Å². The molecule has 0 aromatic heterocycles. The number of ether oxygens (including phenoxy) is 1. The van der Waals surface area contributed by atoms with Crippen LogP contribution in [0.3, 0.4) is 0 Å². The van der Waals surface area contributed by atoms with Crippen LogP contribution in [-0.2, 0) is 14.3 Å². The zero-order chi connectivity index (χ0) is 25.4. The molecule has 8 nitrogen and oxygen atoms in total. The number of esters is 1. The average molecular weight is 474 g/mol. The Morgan fingerprint density at radius 1 is 0.829 bits per heavy atom. The molecule has 0 bridgehead atoms. The van der Waals surface area contributed by atoms with Crippen molar-refractivity contribution in [1.82, 2.24) is 10.6 Å². The van der Waals surface area contributed by atoms with Gasteiger partial charge >= 0.3 is 5.97 Å². The van der Waals surface area contributed by atoms with E-state index in [0.29, 0.717) is 0 Å². The maximum absolute atomic E-state index is 12.8. The topological polar surface area (TPSA) is 114 Å². The van der Waals surface area contributed by atoms with Gasteiger partial charge in [-0.2, -0.15) is 0 Å².